The lowest BCUT2D eigenvalue weighted by molar-refractivity contribution is -0.757. The molecule has 1 fully saturated rings. The number of amides is 1. The number of nitrogens with one attached hydrogen (secondary N) is 1. The van der Waals surface area contributed by atoms with E-state index in [0.717, 1.165) is 43.9 Å². The van der Waals surface area contributed by atoms with E-state index < -0.39 is 23.0 Å². The molecule has 0 spiro atoms. The first-order chi connectivity index (χ1) is 13.8. The summed E-state index contributed by atoms with van der Waals surface area (Å²) >= 11 is 1.01. The third-order valence-corrected chi connectivity index (χ3v) is 5.89. The van der Waals surface area contributed by atoms with Gasteiger partial charge in [0.25, 0.3) is 5.09 Å². The maximum Gasteiger partial charge on any atom is 0.329 e. The second kappa shape index (κ2) is 15.2. The Kier molecular flexibility index (Phi) is 14.4. The van der Waals surface area contributed by atoms with Gasteiger partial charge in [-0.05, 0) is 37.6 Å². The maximum atomic E-state index is 12.4. The number of nitrogens with two attached hydrogens (primary N) is 1. The lowest BCUT2D eigenvalue weighted by Gasteiger charge is -2.35. The quantitative estimate of drug-likeness (QED) is 0.178. The van der Waals surface area contributed by atoms with Crippen molar-refractivity contribution in [2.45, 2.75) is 64.3 Å². The highest BCUT2D eigenvalue weighted by molar-refractivity contribution is 8.13. The number of carbonyl (C=O) groups excluding carboxylic acids is 3. The van der Waals surface area contributed by atoms with Crippen LogP contribution in [-0.4, -0.2) is 53.6 Å². The smallest absolute Gasteiger partial charge is 0.329 e. The highest BCUT2D eigenvalue weighted by Crippen LogP contribution is 2.39. The zero-order valence-corrected chi connectivity index (χ0v) is 18.9. The van der Waals surface area contributed by atoms with Gasteiger partial charge in [0.2, 0.25) is 5.91 Å². The molecule has 0 aromatic rings. The van der Waals surface area contributed by atoms with E-state index in [1.807, 2.05) is 0 Å². The van der Waals surface area contributed by atoms with Gasteiger partial charge in [-0.1, -0.05) is 31.0 Å². The van der Waals surface area contributed by atoms with Crippen LogP contribution < -0.4 is 11.1 Å². The summed E-state index contributed by atoms with van der Waals surface area (Å²) in [6.45, 7) is 1.72. The van der Waals surface area contributed by atoms with Gasteiger partial charge >= 0.3 is 5.97 Å². The second-order valence-corrected chi connectivity index (χ2v) is 8.39. The molecule has 12 heteroatoms. The molecule has 30 heavy (non-hydrogen) atoms. The number of ether oxygens (including phenoxy) is 1. The van der Waals surface area contributed by atoms with Gasteiger partial charge in [-0.25, -0.2) is 4.79 Å². The Labute approximate surface area is 186 Å². The number of nitrogens with zero attached hydrogens (tertiary/aromatic N) is 1. The predicted molar refractivity (Wildman–Crippen MR) is 115 cm³/mol. The molecule has 174 valence electrons. The summed E-state index contributed by atoms with van der Waals surface area (Å²) in [4.78, 5) is 50.3. The average molecular weight is 470 g/mol. The van der Waals surface area contributed by atoms with Crippen molar-refractivity contribution < 1.29 is 29.0 Å². The van der Waals surface area contributed by atoms with Gasteiger partial charge in [-0.3, -0.25) is 9.59 Å². The molecule has 1 aliphatic rings. The van der Waals surface area contributed by atoms with E-state index in [2.05, 4.69) is 10.2 Å². The summed E-state index contributed by atoms with van der Waals surface area (Å²) in [5.74, 6) is -0.950. The summed E-state index contributed by atoms with van der Waals surface area (Å²) < 4.78 is 5.11. The molecule has 0 aliphatic heterocycles. The molecule has 1 atom stereocenters. The standard InChI is InChI=1S/C18H31N3O7S.ClH/c1-14(22)20-15(17(24)27-9-5-6-10-28-21(25)26)12-29-16(23)11-18(13-19)7-3-2-4-8-18;/h15H,2-13,19H2,1H3,(H,20,22);1H/t15-;/m0./s1. The average Bonchev–Trinajstić information content (AvgIpc) is 2.67. The van der Waals surface area contributed by atoms with Crippen LogP contribution in [0.3, 0.4) is 0 Å². The van der Waals surface area contributed by atoms with Crippen LogP contribution in [0.2, 0.25) is 0 Å². The summed E-state index contributed by atoms with van der Waals surface area (Å²) in [6.07, 6.45) is 6.29. The lowest BCUT2D eigenvalue weighted by atomic mass is 9.72. The van der Waals surface area contributed by atoms with Gasteiger partial charge in [-0.2, -0.15) is 0 Å². The van der Waals surface area contributed by atoms with Crippen molar-refractivity contribution in [2.75, 3.05) is 25.5 Å². The van der Waals surface area contributed by atoms with Crippen molar-refractivity contribution in [3.8, 4) is 0 Å². The number of hydrogen-bond donors (Lipinski definition) is 2. The van der Waals surface area contributed by atoms with E-state index in [1.165, 1.54) is 6.92 Å². The number of halogens is 1. The van der Waals surface area contributed by atoms with Crippen molar-refractivity contribution in [3.63, 3.8) is 0 Å². The third kappa shape index (κ3) is 11.6. The fraction of sp³-hybridized carbons (Fsp3) is 0.833. The topological polar surface area (TPSA) is 151 Å². The molecule has 0 unspecified atom stereocenters. The molecule has 3 N–H and O–H groups in total. The fourth-order valence-electron chi connectivity index (χ4n) is 3.32. The normalized spacial score (nSPS) is 15.9. The van der Waals surface area contributed by atoms with Gasteiger partial charge in [0.05, 0.1) is 13.2 Å². The third-order valence-electron chi connectivity index (χ3n) is 4.92. The Morgan fingerprint density at radius 1 is 1.20 bits per heavy atom. The summed E-state index contributed by atoms with van der Waals surface area (Å²) in [5.41, 5.74) is 5.77. The van der Waals surface area contributed by atoms with E-state index >= 15 is 0 Å². The highest BCUT2D eigenvalue weighted by atomic mass is 35.5. The van der Waals surface area contributed by atoms with Crippen molar-refractivity contribution in [1.29, 1.82) is 0 Å². The fourth-order valence-corrected chi connectivity index (χ4v) is 4.30. The maximum absolute atomic E-state index is 12.4. The zero-order valence-electron chi connectivity index (χ0n) is 17.3. The molecule has 0 heterocycles. The van der Waals surface area contributed by atoms with Gasteiger partial charge in [0.15, 0.2) is 5.12 Å². The number of esters is 1. The first-order valence-electron chi connectivity index (χ1n) is 9.85. The minimum absolute atomic E-state index is 0. The predicted octanol–water partition coefficient (Wildman–Crippen LogP) is 2.00. The molecule has 10 nitrogen and oxygen atoms in total. The Balaban J connectivity index is 0.00000841. The van der Waals surface area contributed by atoms with Crippen LogP contribution in [0.5, 0.6) is 0 Å². The Hall–Kier alpha value is -1.59. The molecule has 0 bridgehead atoms. The van der Waals surface area contributed by atoms with Crippen LogP contribution in [-0.2, 0) is 24.0 Å². The number of rotatable bonds is 13. The highest BCUT2D eigenvalue weighted by Gasteiger charge is 2.33. The minimum atomic E-state index is -0.934. The van der Waals surface area contributed by atoms with Crippen LogP contribution in [0, 0.1) is 15.5 Å². The Bertz CT molecular complexity index is 574. The van der Waals surface area contributed by atoms with Gasteiger partial charge in [0.1, 0.15) is 6.04 Å². The van der Waals surface area contributed by atoms with Crippen LogP contribution >= 0.6 is 24.2 Å². The molecule has 0 radical (unpaired) electrons. The van der Waals surface area contributed by atoms with E-state index in [-0.39, 0.29) is 41.9 Å². The molecule has 1 aliphatic carbocycles. The van der Waals surface area contributed by atoms with Crippen molar-refractivity contribution in [1.82, 2.24) is 5.32 Å². The Morgan fingerprint density at radius 3 is 2.40 bits per heavy atom. The van der Waals surface area contributed by atoms with Crippen LogP contribution in [0.1, 0.15) is 58.3 Å². The van der Waals surface area contributed by atoms with Crippen LogP contribution in [0.15, 0.2) is 0 Å². The summed E-state index contributed by atoms with van der Waals surface area (Å²) in [6, 6.07) is -0.934. The summed E-state index contributed by atoms with van der Waals surface area (Å²) in [5, 5.41) is 11.6. The SMILES string of the molecule is CC(=O)N[C@@H](CSC(=O)CC1(CN)CCCCC1)C(=O)OCCCCO[N+](=O)[O-].Cl. The molecule has 1 amide bonds. The van der Waals surface area contributed by atoms with Crippen molar-refractivity contribution in [3.05, 3.63) is 10.1 Å². The van der Waals surface area contributed by atoms with Crippen molar-refractivity contribution in [2.24, 2.45) is 11.1 Å². The monoisotopic (exact) mass is 469 g/mol. The largest absolute Gasteiger partial charge is 0.464 e. The number of hydrogen-bond acceptors (Lipinski definition) is 9. The van der Waals surface area contributed by atoms with Crippen LogP contribution in [0.4, 0.5) is 0 Å². The first kappa shape index (κ1) is 28.4. The zero-order chi connectivity index (χ0) is 21.7. The van der Waals surface area contributed by atoms with E-state index in [4.69, 9.17) is 10.5 Å². The number of carbonyl (C=O) groups is 3. The Morgan fingerprint density at radius 2 is 1.83 bits per heavy atom. The lowest BCUT2D eigenvalue weighted by Crippen LogP contribution is -2.43. The first-order valence-corrected chi connectivity index (χ1v) is 10.8. The molecule has 0 aromatic heterocycles. The molecular weight excluding hydrogens is 438 g/mol. The molecule has 0 aromatic carbocycles. The minimum Gasteiger partial charge on any atom is -0.464 e. The van der Waals surface area contributed by atoms with Gasteiger partial charge < -0.3 is 20.6 Å². The van der Waals surface area contributed by atoms with E-state index in [9.17, 15) is 24.5 Å². The number of thioether (sulfide) groups is 1. The van der Waals surface area contributed by atoms with E-state index in [1.54, 1.807) is 0 Å². The van der Waals surface area contributed by atoms with Gasteiger partial charge in [-0.15, -0.1) is 22.5 Å². The second-order valence-electron chi connectivity index (χ2n) is 7.31. The molecule has 0 saturated heterocycles. The molecule has 1 saturated carbocycles. The molecule has 1 rings (SSSR count). The summed E-state index contributed by atoms with van der Waals surface area (Å²) in [7, 11) is 0. The van der Waals surface area contributed by atoms with E-state index in [0.29, 0.717) is 25.8 Å². The number of unbranched alkanes of at least 4 members (excludes halogenated alkanes) is 1. The van der Waals surface area contributed by atoms with Crippen LogP contribution in [0.25, 0.3) is 0 Å². The molecular formula is C18H32ClN3O7S. The van der Waals surface area contributed by atoms with Crippen molar-refractivity contribution >= 4 is 41.2 Å². The van der Waals surface area contributed by atoms with Gasteiger partial charge in [0, 0.05) is 19.1 Å².